The van der Waals surface area contributed by atoms with Crippen molar-refractivity contribution in [2.24, 2.45) is 0 Å². The second-order valence-electron chi connectivity index (χ2n) is 4.70. The molecule has 0 aliphatic carbocycles. The van der Waals surface area contributed by atoms with Crippen molar-refractivity contribution in [3.05, 3.63) is 23.8 Å². The lowest BCUT2D eigenvalue weighted by molar-refractivity contribution is -0.143. The maximum Gasteiger partial charge on any atom is 0.305 e. The van der Waals surface area contributed by atoms with Crippen LogP contribution in [0.2, 0.25) is 0 Å². The van der Waals surface area contributed by atoms with Crippen molar-refractivity contribution in [1.29, 1.82) is 0 Å². The lowest BCUT2D eigenvalue weighted by Gasteiger charge is -2.14. The second-order valence-corrected chi connectivity index (χ2v) is 4.70. The van der Waals surface area contributed by atoms with E-state index in [4.69, 9.17) is 14.2 Å². The quantitative estimate of drug-likeness (QED) is 0.613. The number of nitrogens with one attached hydrogen (secondary N) is 1. The molecule has 0 amide bonds. The highest BCUT2D eigenvalue weighted by atomic mass is 16.7. The molecule has 2 rings (SSSR count). The van der Waals surface area contributed by atoms with Crippen LogP contribution in [0.4, 0.5) is 0 Å². The Labute approximate surface area is 119 Å². The Morgan fingerprint density at radius 2 is 2.20 bits per heavy atom. The molecular formula is C15H21NO4. The van der Waals surface area contributed by atoms with Gasteiger partial charge >= 0.3 is 5.97 Å². The summed E-state index contributed by atoms with van der Waals surface area (Å²) in [6, 6.07) is 6.14. The molecule has 1 aliphatic rings. The van der Waals surface area contributed by atoms with Crippen LogP contribution in [0, 0.1) is 0 Å². The number of ether oxygens (including phenoxy) is 3. The van der Waals surface area contributed by atoms with Crippen LogP contribution in [0.15, 0.2) is 18.2 Å². The minimum atomic E-state index is -0.134. The van der Waals surface area contributed by atoms with E-state index in [0.717, 1.165) is 30.0 Å². The van der Waals surface area contributed by atoms with Crippen LogP contribution in [-0.2, 0) is 9.53 Å². The number of hydrogen-bond donors (Lipinski definition) is 1. The Bertz CT molecular complexity index is 461. The molecule has 0 spiro atoms. The molecule has 1 N–H and O–H groups in total. The highest BCUT2D eigenvalue weighted by Gasteiger charge is 2.15. The Hall–Kier alpha value is -1.75. The number of fused-ring (bicyclic) bond motifs is 1. The molecule has 1 atom stereocenters. The molecule has 0 saturated heterocycles. The van der Waals surface area contributed by atoms with E-state index in [1.54, 1.807) is 0 Å². The second kappa shape index (κ2) is 7.14. The Kier molecular flexibility index (Phi) is 5.24. The number of hydrogen-bond acceptors (Lipinski definition) is 5. The minimum absolute atomic E-state index is 0.134. The maximum atomic E-state index is 11.2. The molecule has 0 saturated carbocycles. The summed E-state index contributed by atoms with van der Waals surface area (Å²) >= 11 is 0. The Balaban J connectivity index is 1.75. The Morgan fingerprint density at radius 3 is 3.00 bits per heavy atom. The summed E-state index contributed by atoms with van der Waals surface area (Å²) in [7, 11) is 0. The average Bonchev–Trinajstić information content (AvgIpc) is 2.91. The van der Waals surface area contributed by atoms with Gasteiger partial charge in [-0.25, -0.2) is 0 Å². The van der Waals surface area contributed by atoms with Crippen LogP contribution < -0.4 is 14.8 Å². The van der Waals surface area contributed by atoms with Gasteiger partial charge in [0.1, 0.15) is 0 Å². The summed E-state index contributed by atoms with van der Waals surface area (Å²) < 4.78 is 15.5. The van der Waals surface area contributed by atoms with Gasteiger partial charge < -0.3 is 19.5 Å². The third-order valence-corrected chi connectivity index (χ3v) is 3.21. The van der Waals surface area contributed by atoms with Gasteiger partial charge in [0.15, 0.2) is 11.5 Å². The van der Waals surface area contributed by atoms with Crippen LogP contribution >= 0.6 is 0 Å². The van der Waals surface area contributed by atoms with Gasteiger partial charge in [-0.15, -0.1) is 0 Å². The maximum absolute atomic E-state index is 11.2. The lowest BCUT2D eigenvalue weighted by Crippen LogP contribution is -2.20. The topological polar surface area (TPSA) is 56.8 Å². The predicted octanol–water partition coefficient (Wildman–Crippen LogP) is 2.41. The number of benzene rings is 1. The van der Waals surface area contributed by atoms with E-state index in [9.17, 15) is 4.79 Å². The van der Waals surface area contributed by atoms with E-state index in [-0.39, 0.29) is 12.0 Å². The first-order valence-corrected chi connectivity index (χ1v) is 6.99. The van der Waals surface area contributed by atoms with E-state index in [0.29, 0.717) is 19.8 Å². The van der Waals surface area contributed by atoms with Crippen molar-refractivity contribution in [1.82, 2.24) is 5.32 Å². The summed E-state index contributed by atoms with van der Waals surface area (Å²) in [6.45, 7) is 5.41. The van der Waals surface area contributed by atoms with Crippen LogP contribution in [0.3, 0.4) is 0 Å². The lowest BCUT2D eigenvalue weighted by atomic mass is 10.1. The molecule has 0 bridgehead atoms. The number of rotatable bonds is 7. The van der Waals surface area contributed by atoms with E-state index < -0.39 is 0 Å². The Morgan fingerprint density at radius 1 is 1.40 bits per heavy atom. The molecule has 5 nitrogen and oxygen atoms in total. The molecule has 1 heterocycles. The predicted molar refractivity (Wildman–Crippen MR) is 74.8 cm³/mol. The molecule has 0 radical (unpaired) electrons. The molecule has 110 valence electrons. The van der Waals surface area contributed by atoms with Gasteiger partial charge in [-0.05, 0) is 44.5 Å². The zero-order valence-corrected chi connectivity index (χ0v) is 12.0. The third kappa shape index (κ3) is 3.87. The number of carbonyl (C=O) groups is 1. The molecule has 1 unspecified atom stereocenters. The smallest absolute Gasteiger partial charge is 0.305 e. The standard InChI is InChI=1S/C15H21NO4/c1-3-18-15(17)5-4-8-16-11(2)12-6-7-13-14(9-12)20-10-19-13/h6-7,9,11,16H,3-5,8,10H2,1-2H3. The largest absolute Gasteiger partial charge is 0.466 e. The van der Waals surface area contributed by atoms with Crippen LogP contribution in [-0.4, -0.2) is 25.9 Å². The molecule has 1 aliphatic heterocycles. The molecule has 0 fully saturated rings. The monoisotopic (exact) mass is 279 g/mol. The summed E-state index contributed by atoms with van der Waals surface area (Å²) in [4.78, 5) is 11.2. The van der Waals surface area contributed by atoms with Crippen molar-refractivity contribution in [2.75, 3.05) is 19.9 Å². The molecule has 20 heavy (non-hydrogen) atoms. The SMILES string of the molecule is CCOC(=O)CCCNC(C)c1ccc2c(c1)OCO2. The van der Waals surface area contributed by atoms with Gasteiger partial charge in [-0.3, -0.25) is 4.79 Å². The van der Waals surface area contributed by atoms with Crippen LogP contribution in [0.25, 0.3) is 0 Å². The fourth-order valence-corrected chi connectivity index (χ4v) is 2.08. The minimum Gasteiger partial charge on any atom is -0.466 e. The summed E-state index contributed by atoms with van der Waals surface area (Å²) in [5.41, 5.74) is 1.14. The summed E-state index contributed by atoms with van der Waals surface area (Å²) in [5.74, 6) is 1.45. The van der Waals surface area contributed by atoms with Gasteiger partial charge in [0.25, 0.3) is 0 Å². The van der Waals surface area contributed by atoms with Crippen molar-refractivity contribution in [3.63, 3.8) is 0 Å². The zero-order valence-electron chi connectivity index (χ0n) is 12.0. The van der Waals surface area contributed by atoms with Gasteiger partial charge in [-0.2, -0.15) is 0 Å². The fraction of sp³-hybridized carbons (Fsp3) is 0.533. The number of esters is 1. The third-order valence-electron chi connectivity index (χ3n) is 3.21. The van der Waals surface area contributed by atoms with E-state index in [1.165, 1.54) is 0 Å². The fourth-order valence-electron chi connectivity index (χ4n) is 2.08. The van der Waals surface area contributed by atoms with E-state index in [2.05, 4.69) is 12.2 Å². The van der Waals surface area contributed by atoms with Crippen molar-refractivity contribution in [2.45, 2.75) is 32.7 Å². The molecule has 1 aromatic carbocycles. The molecule has 0 aromatic heterocycles. The molecular weight excluding hydrogens is 258 g/mol. The summed E-state index contributed by atoms with van der Waals surface area (Å²) in [6.07, 6.45) is 1.22. The summed E-state index contributed by atoms with van der Waals surface area (Å²) in [5, 5.41) is 3.38. The highest BCUT2D eigenvalue weighted by molar-refractivity contribution is 5.69. The first-order valence-electron chi connectivity index (χ1n) is 6.99. The van der Waals surface area contributed by atoms with E-state index in [1.807, 2.05) is 25.1 Å². The van der Waals surface area contributed by atoms with Crippen molar-refractivity contribution < 1.29 is 19.0 Å². The van der Waals surface area contributed by atoms with E-state index >= 15 is 0 Å². The zero-order chi connectivity index (χ0) is 14.4. The molecule has 5 heteroatoms. The van der Waals surface area contributed by atoms with Crippen LogP contribution in [0.5, 0.6) is 11.5 Å². The average molecular weight is 279 g/mol. The van der Waals surface area contributed by atoms with Gasteiger partial charge in [-0.1, -0.05) is 6.07 Å². The van der Waals surface area contributed by atoms with Gasteiger partial charge in [0.2, 0.25) is 6.79 Å². The van der Waals surface area contributed by atoms with Crippen molar-refractivity contribution >= 4 is 5.97 Å². The first-order chi connectivity index (χ1) is 9.70. The van der Waals surface area contributed by atoms with Crippen LogP contribution in [0.1, 0.15) is 38.3 Å². The normalized spacial score (nSPS) is 14.1. The van der Waals surface area contributed by atoms with Crippen molar-refractivity contribution in [3.8, 4) is 11.5 Å². The van der Waals surface area contributed by atoms with Gasteiger partial charge in [0.05, 0.1) is 6.61 Å². The number of carbonyl (C=O) groups excluding carboxylic acids is 1. The first kappa shape index (κ1) is 14.7. The van der Waals surface area contributed by atoms with Gasteiger partial charge in [0, 0.05) is 12.5 Å². The molecule has 1 aromatic rings. The highest BCUT2D eigenvalue weighted by Crippen LogP contribution is 2.34.